The van der Waals surface area contributed by atoms with E-state index in [-0.39, 0.29) is 36.1 Å². The van der Waals surface area contributed by atoms with Crippen molar-refractivity contribution < 1.29 is 19.2 Å². The second-order valence-corrected chi connectivity index (χ2v) is 6.18. The number of carbonyl (C=O) groups is 2. The molecule has 0 unspecified atom stereocenters. The molecular formula is C15H22N4O5. The van der Waals surface area contributed by atoms with E-state index >= 15 is 0 Å². The van der Waals surface area contributed by atoms with Crippen LogP contribution in [0.5, 0.6) is 0 Å². The third-order valence-corrected chi connectivity index (χ3v) is 4.17. The monoisotopic (exact) mass is 338 g/mol. The summed E-state index contributed by atoms with van der Waals surface area (Å²) in [4.78, 5) is 36.1. The van der Waals surface area contributed by atoms with E-state index in [4.69, 9.17) is 4.74 Å². The molecule has 132 valence electrons. The van der Waals surface area contributed by atoms with E-state index in [0.29, 0.717) is 19.0 Å². The van der Waals surface area contributed by atoms with Crippen molar-refractivity contribution in [1.82, 2.24) is 14.7 Å². The van der Waals surface area contributed by atoms with E-state index in [1.165, 1.54) is 18.5 Å². The molecule has 0 aromatic carbocycles. The molecule has 1 atom stereocenters. The van der Waals surface area contributed by atoms with Crippen LogP contribution < -0.4 is 0 Å². The number of ether oxygens (including phenoxy) is 1. The Kier molecular flexibility index (Phi) is 5.53. The number of rotatable bonds is 5. The number of esters is 1. The first-order chi connectivity index (χ1) is 11.3. The minimum absolute atomic E-state index is 0.110. The van der Waals surface area contributed by atoms with Gasteiger partial charge in [-0.3, -0.25) is 24.4 Å². The fraction of sp³-hybridized carbons (Fsp3) is 0.667. The van der Waals surface area contributed by atoms with E-state index < -0.39 is 10.9 Å². The van der Waals surface area contributed by atoms with E-state index in [0.717, 1.165) is 12.8 Å². The number of nitrogens with zero attached hydrogens (tertiary/aromatic N) is 4. The van der Waals surface area contributed by atoms with Gasteiger partial charge >= 0.3 is 11.7 Å². The fourth-order valence-electron chi connectivity index (χ4n) is 2.92. The number of nitro groups is 1. The molecule has 1 aromatic heterocycles. The summed E-state index contributed by atoms with van der Waals surface area (Å²) in [6, 6.07) is 0. The van der Waals surface area contributed by atoms with E-state index in [1.54, 1.807) is 4.90 Å². The molecule has 1 saturated heterocycles. The van der Waals surface area contributed by atoms with Crippen LogP contribution in [0.1, 0.15) is 31.2 Å². The van der Waals surface area contributed by atoms with Gasteiger partial charge in [-0.15, -0.1) is 0 Å². The number of piperidine rings is 1. The van der Waals surface area contributed by atoms with Gasteiger partial charge in [0.2, 0.25) is 0 Å². The predicted octanol–water partition coefficient (Wildman–Crippen LogP) is 1.21. The van der Waals surface area contributed by atoms with Crippen LogP contribution in [0.3, 0.4) is 0 Å². The largest absolute Gasteiger partial charge is 0.454 e. The molecule has 9 nitrogen and oxygen atoms in total. The number of likely N-dealkylation sites (tertiary alicyclic amines) is 1. The molecule has 9 heteroatoms. The Morgan fingerprint density at radius 3 is 2.71 bits per heavy atom. The normalized spacial score (nSPS) is 17.6. The molecule has 0 N–H and O–H groups in total. The first-order valence-electron chi connectivity index (χ1n) is 7.91. The average molecular weight is 338 g/mol. The number of hydrogen-bond acceptors (Lipinski definition) is 6. The molecule has 0 radical (unpaired) electrons. The highest BCUT2D eigenvalue weighted by Gasteiger charge is 2.24. The van der Waals surface area contributed by atoms with E-state index in [9.17, 15) is 19.7 Å². The highest BCUT2D eigenvalue weighted by atomic mass is 16.6. The Balaban J connectivity index is 1.89. The highest BCUT2D eigenvalue weighted by molar-refractivity contribution is 5.80. The SMILES string of the molecule is Cc1nn(CC(=O)OCC(=O)N2CCC[C@@H](C)C2)c(C)c1[N+](=O)[O-]. The smallest absolute Gasteiger partial charge is 0.328 e. The molecular weight excluding hydrogens is 316 g/mol. The topological polar surface area (TPSA) is 108 Å². The van der Waals surface area contributed by atoms with Crippen molar-refractivity contribution in [3.63, 3.8) is 0 Å². The maximum Gasteiger partial charge on any atom is 0.328 e. The summed E-state index contributed by atoms with van der Waals surface area (Å²) < 4.78 is 6.23. The highest BCUT2D eigenvalue weighted by Crippen LogP contribution is 2.21. The Morgan fingerprint density at radius 2 is 2.12 bits per heavy atom. The second-order valence-electron chi connectivity index (χ2n) is 6.18. The summed E-state index contributed by atoms with van der Waals surface area (Å²) in [5.41, 5.74) is 0.412. The van der Waals surface area contributed by atoms with Crippen LogP contribution in [-0.4, -0.2) is 51.2 Å². The average Bonchev–Trinajstić information content (AvgIpc) is 2.79. The van der Waals surface area contributed by atoms with Crippen LogP contribution in [0.2, 0.25) is 0 Å². The zero-order valence-electron chi connectivity index (χ0n) is 14.2. The molecule has 2 heterocycles. The molecule has 2 rings (SSSR count). The van der Waals surface area contributed by atoms with Gasteiger partial charge in [0.05, 0.1) is 4.92 Å². The quantitative estimate of drug-likeness (QED) is 0.454. The van der Waals surface area contributed by atoms with Crippen molar-refractivity contribution in [2.75, 3.05) is 19.7 Å². The summed E-state index contributed by atoms with van der Waals surface area (Å²) in [5.74, 6) is -0.406. The van der Waals surface area contributed by atoms with Gasteiger partial charge in [-0.25, -0.2) is 0 Å². The number of aromatic nitrogens is 2. The Hall–Kier alpha value is -2.45. The molecule has 24 heavy (non-hydrogen) atoms. The summed E-state index contributed by atoms with van der Waals surface area (Å²) in [5, 5.41) is 14.9. The van der Waals surface area contributed by atoms with Gasteiger partial charge in [0.1, 0.15) is 17.9 Å². The van der Waals surface area contributed by atoms with Crippen molar-refractivity contribution in [3.05, 3.63) is 21.5 Å². The Bertz CT molecular complexity index is 655. The first-order valence-corrected chi connectivity index (χ1v) is 7.91. The van der Waals surface area contributed by atoms with Crippen molar-refractivity contribution in [2.45, 2.75) is 40.2 Å². The maximum atomic E-state index is 12.1. The predicted molar refractivity (Wildman–Crippen MR) is 84.3 cm³/mol. The summed E-state index contributed by atoms with van der Waals surface area (Å²) in [7, 11) is 0. The third-order valence-electron chi connectivity index (χ3n) is 4.17. The minimum atomic E-state index is -0.645. The number of hydrogen-bond donors (Lipinski definition) is 0. The molecule has 1 amide bonds. The van der Waals surface area contributed by atoms with Gasteiger partial charge in [0, 0.05) is 13.1 Å². The zero-order valence-corrected chi connectivity index (χ0v) is 14.2. The maximum absolute atomic E-state index is 12.1. The summed E-state index contributed by atoms with van der Waals surface area (Å²) in [6.07, 6.45) is 2.05. The lowest BCUT2D eigenvalue weighted by atomic mass is 10.0. The molecule has 1 aliphatic rings. The summed E-state index contributed by atoms with van der Waals surface area (Å²) in [6.45, 7) is 5.91. The molecule has 0 bridgehead atoms. The fourth-order valence-corrected chi connectivity index (χ4v) is 2.92. The minimum Gasteiger partial charge on any atom is -0.454 e. The molecule has 1 aromatic rings. The van der Waals surface area contributed by atoms with Crippen molar-refractivity contribution in [3.8, 4) is 0 Å². The number of aryl methyl sites for hydroxylation is 1. The zero-order chi connectivity index (χ0) is 17.9. The Morgan fingerprint density at radius 1 is 1.42 bits per heavy atom. The molecule has 0 aliphatic carbocycles. The van der Waals surface area contributed by atoms with Gasteiger partial charge in [-0.1, -0.05) is 6.92 Å². The molecule has 0 spiro atoms. The molecule has 0 saturated carbocycles. The standard InChI is InChI=1S/C15H22N4O5/c1-10-5-4-6-17(7-10)13(20)9-24-14(21)8-18-12(3)15(19(22)23)11(2)16-18/h10H,4-9H2,1-3H3/t10-/m1/s1. The van der Waals surface area contributed by atoms with Gasteiger partial charge in [0.25, 0.3) is 5.91 Å². The number of amides is 1. The first kappa shape index (κ1) is 17.9. The lowest BCUT2D eigenvalue weighted by Gasteiger charge is -2.30. The van der Waals surface area contributed by atoms with Gasteiger partial charge in [-0.05, 0) is 32.6 Å². The van der Waals surface area contributed by atoms with Gasteiger partial charge in [0.15, 0.2) is 6.61 Å². The molecule has 1 aliphatic heterocycles. The molecule has 1 fully saturated rings. The van der Waals surface area contributed by atoms with Crippen molar-refractivity contribution >= 4 is 17.6 Å². The third kappa shape index (κ3) is 4.09. The van der Waals surface area contributed by atoms with E-state index in [2.05, 4.69) is 12.0 Å². The number of carbonyl (C=O) groups excluding carboxylic acids is 2. The van der Waals surface area contributed by atoms with Gasteiger partial charge < -0.3 is 9.64 Å². The van der Waals surface area contributed by atoms with Crippen LogP contribution in [-0.2, 0) is 20.9 Å². The van der Waals surface area contributed by atoms with Crippen LogP contribution in [0, 0.1) is 29.9 Å². The van der Waals surface area contributed by atoms with Crippen LogP contribution in [0.4, 0.5) is 5.69 Å². The van der Waals surface area contributed by atoms with Crippen LogP contribution in [0.25, 0.3) is 0 Å². The van der Waals surface area contributed by atoms with Crippen LogP contribution >= 0.6 is 0 Å². The van der Waals surface area contributed by atoms with Crippen molar-refractivity contribution in [1.29, 1.82) is 0 Å². The summed E-state index contributed by atoms with van der Waals surface area (Å²) >= 11 is 0. The lowest BCUT2D eigenvalue weighted by Crippen LogP contribution is -2.41. The van der Waals surface area contributed by atoms with Crippen LogP contribution in [0.15, 0.2) is 0 Å². The lowest BCUT2D eigenvalue weighted by molar-refractivity contribution is -0.386. The van der Waals surface area contributed by atoms with Gasteiger partial charge in [-0.2, -0.15) is 5.10 Å². The van der Waals surface area contributed by atoms with Crippen molar-refractivity contribution in [2.24, 2.45) is 5.92 Å². The second kappa shape index (κ2) is 7.41. The Labute approximate surface area is 139 Å². The van der Waals surface area contributed by atoms with E-state index in [1.807, 2.05) is 0 Å².